The third kappa shape index (κ3) is 5.75. The number of aryl methyl sites for hydroxylation is 1. The van der Waals surface area contributed by atoms with Crippen LogP contribution in [0.3, 0.4) is 0 Å². The number of carbonyl (C=O) groups is 1. The molecule has 0 aromatic heterocycles. The van der Waals surface area contributed by atoms with Crippen LogP contribution in [0.15, 0.2) is 36.4 Å². The highest BCUT2D eigenvalue weighted by Crippen LogP contribution is 2.57. The van der Waals surface area contributed by atoms with Gasteiger partial charge in [-0.15, -0.1) is 0 Å². The number of nitriles is 1. The molecule has 1 fully saturated rings. The van der Waals surface area contributed by atoms with Gasteiger partial charge in [0.15, 0.2) is 18.3 Å². The summed E-state index contributed by atoms with van der Waals surface area (Å²) in [7, 11) is 3.57. The van der Waals surface area contributed by atoms with Crippen LogP contribution in [0, 0.1) is 32.1 Å². The maximum absolute atomic E-state index is 13.3. The molecule has 3 aromatic carbocycles. The summed E-state index contributed by atoms with van der Waals surface area (Å²) in [5.41, 5.74) is 5.16. The summed E-state index contributed by atoms with van der Waals surface area (Å²) in [6.07, 6.45) is -1.29. The second kappa shape index (κ2) is 13.1. The maximum Gasteiger partial charge on any atom is 0.416 e. The van der Waals surface area contributed by atoms with Gasteiger partial charge in [-0.1, -0.05) is 18.2 Å². The van der Waals surface area contributed by atoms with Crippen molar-refractivity contribution in [3.8, 4) is 29.1 Å². The predicted octanol–water partition coefficient (Wildman–Crippen LogP) is 6.08. The number of benzene rings is 3. The molecule has 2 bridgehead atoms. The summed E-state index contributed by atoms with van der Waals surface area (Å²) >= 11 is 0. The van der Waals surface area contributed by atoms with Gasteiger partial charge >= 0.3 is 12.1 Å². The largest absolute Gasteiger partial charge is 0.507 e. The molecule has 1 unspecified atom stereocenters. The average molecular weight is 706 g/mol. The van der Waals surface area contributed by atoms with E-state index in [2.05, 4.69) is 21.9 Å². The van der Waals surface area contributed by atoms with E-state index in [0.29, 0.717) is 41.0 Å². The highest BCUT2D eigenvalue weighted by molar-refractivity contribution is 5.87. The van der Waals surface area contributed by atoms with Crippen molar-refractivity contribution in [2.75, 3.05) is 34.4 Å². The van der Waals surface area contributed by atoms with E-state index in [4.69, 9.17) is 23.7 Å². The van der Waals surface area contributed by atoms with Gasteiger partial charge in [0.05, 0.1) is 23.7 Å². The van der Waals surface area contributed by atoms with Crippen molar-refractivity contribution in [1.29, 1.82) is 5.26 Å². The van der Waals surface area contributed by atoms with Crippen molar-refractivity contribution in [2.24, 2.45) is 0 Å². The van der Waals surface area contributed by atoms with Crippen molar-refractivity contribution in [1.82, 2.24) is 9.80 Å². The van der Waals surface area contributed by atoms with Crippen molar-refractivity contribution in [2.45, 2.75) is 70.0 Å². The number of rotatable bonds is 7. The molecule has 1 N–H and O–H groups in total. The number of phenolic OH excluding ortho intramolecular Hbond substituents is 1. The van der Waals surface area contributed by atoms with E-state index in [1.807, 2.05) is 20.9 Å². The molecule has 0 spiro atoms. The van der Waals surface area contributed by atoms with Gasteiger partial charge in [0.1, 0.15) is 24.1 Å². The van der Waals surface area contributed by atoms with E-state index in [0.717, 1.165) is 46.2 Å². The van der Waals surface area contributed by atoms with Crippen LogP contribution in [0.4, 0.5) is 13.2 Å². The van der Waals surface area contributed by atoms with Gasteiger partial charge in [-0.2, -0.15) is 18.4 Å². The van der Waals surface area contributed by atoms with E-state index < -0.39 is 29.8 Å². The Morgan fingerprint density at radius 2 is 1.86 bits per heavy atom. The summed E-state index contributed by atoms with van der Waals surface area (Å²) in [6.45, 7) is 5.54. The fraction of sp³-hybridized carbons (Fsp3) is 0.421. The van der Waals surface area contributed by atoms with Gasteiger partial charge in [-0.25, -0.2) is 4.79 Å². The Hall–Kier alpha value is -4.77. The number of hydrogen-bond donors (Lipinski definition) is 1. The zero-order chi connectivity index (χ0) is 36.4. The number of phenols is 1. The van der Waals surface area contributed by atoms with Gasteiger partial charge in [0, 0.05) is 47.5 Å². The average Bonchev–Trinajstić information content (AvgIpc) is 3.59. The van der Waals surface area contributed by atoms with Crippen LogP contribution < -0.4 is 14.2 Å². The first-order chi connectivity index (χ1) is 24.3. The number of fused-ring (bicyclic) bond motifs is 9. The summed E-state index contributed by atoms with van der Waals surface area (Å²) < 4.78 is 69.0. The number of piperazine rings is 1. The lowest BCUT2D eigenvalue weighted by Gasteiger charge is -2.60. The Bertz CT molecular complexity index is 1970. The number of carbonyl (C=O) groups excluding carboxylic acids is 1. The molecule has 4 aliphatic rings. The number of nitrogens with zero attached hydrogens (tertiary/aromatic N) is 3. The van der Waals surface area contributed by atoms with Crippen LogP contribution >= 0.6 is 0 Å². The van der Waals surface area contributed by atoms with Gasteiger partial charge in [0.2, 0.25) is 6.79 Å². The lowest BCUT2D eigenvalue weighted by molar-refractivity contribution is -0.143. The zero-order valence-electron chi connectivity index (χ0n) is 28.8. The molecule has 51 heavy (non-hydrogen) atoms. The van der Waals surface area contributed by atoms with Crippen LogP contribution in [0.2, 0.25) is 0 Å². The third-order valence-electron chi connectivity index (χ3n) is 10.8. The van der Waals surface area contributed by atoms with Gasteiger partial charge < -0.3 is 28.8 Å². The number of aromatic hydroxyl groups is 1. The number of hydrogen-bond acceptors (Lipinski definition) is 10. The van der Waals surface area contributed by atoms with Gasteiger partial charge in [0.25, 0.3) is 0 Å². The molecule has 4 heterocycles. The molecule has 268 valence electrons. The van der Waals surface area contributed by atoms with E-state index in [9.17, 15) is 28.3 Å². The molecule has 0 saturated carbocycles. The molecule has 0 aliphatic carbocycles. The van der Waals surface area contributed by atoms with E-state index in [-0.39, 0.29) is 49.6 Å². The second-order valence-corrected chi connectivity index (χ2v) is 13.5. The first-order valence-electron chi connectivity index (χ1n) is 16.6. The lowest BCUT2D eigenvalue weighted by Crippen LogP contribution is -2.68. The number of likely N-dealkylation sites (N-methyl/N-ethyl adjacent to an activating group) is 1. The van der Waals surface area contributed by atoms with E-state index in [1.165, 1.54) is 18.2 Å². The molecular formula is C38H38F3N3O7. The maximum atomic E-state index is 13.3. The quantitative estimate of drug-likeness (QED) is 0.177. The summed E-state index contributed by atoms with van der Waals surface area (Å²) in [5.74, 6) is 0.795. The smallest absolute Gasteiger partial charge is 0.416 e. The molecule has 1 saturated heterocycles. The van der Waals surface area contributed by atoms with Crippen molar-refractivity contribution >= 4 is 12.0 Å². The first kappa shape index (κ1) is 34.7. The summed E-state index contributed by atoms with van der Waals surface area (Å²) in [5, 5.41) is 22.5. The topological polar surface area (TPSA) is 114 Å². The Morgan fingerprint density at radius 1 is 1.10 bits per heavy atom. The number of esters is 1. The minimum Gasteiger partial charge on any atom is -0.507 e. The number of ether oxygens (including phenoxy) is 5. The minimum atomic E-state index is -4.53. The fourth-order valence-electron chi connectivity index (χ4n) is 8.35. The fourth-order valence-corrected chi connectivity index (χ4v) is 8.35. The molecule has 10 nitrogen and oxygen atoms in total. The summed E-state index contributed by atoms with van der Waals surface area (Å²) in [6, 6.07) is 7.02. The molecule has 0 amide bonds. The van der Waals surface area contributed by atoms with Crippen LogP contribution in [0.5, 0.6) is 23.0 Å². The predicted molar refractivity (Wildman–Crippen MR) is 178 cm³/mol. The normalized spacial score (nSPS) is 23.7. The first-order valence-corrected chi connectivity index (χ1v) is 16.6. The minimum absolute atomic E-state index is 0.0416. The highest BCUT2D eigenvalue weighted by Gasteiger charge is 2.57. The Balaban J connectivity index is 1.31. The van der Waals surface area contributed by atoms with Gasteiger partial charge in [-0.05, 0) is 81.1 Å². The second-order valence-electron chi connectivity index (χ2n) is 13.5. The highest BCUT2D eigenvalue weighted by atomic mass is 19.4. The van der Waals surface area contributed by atoms with Crippen LogP contribution in [-0.4, -0.2) is 73.4 Å². The lowest BCUT2D eigenvalue weighted by atomic mass is 9.71. The Labute approximate surface area is 293 Å². The van der Waals surface area contributed by atoms with Crippen molar-refractivity contribution < 1.29 is 46.8 Å². The SMILES string of the molecule is COCOc1c(C)c(C)cc2c1[C@@H]1C3Cc4c(O)c(C)c5c(c4[C@H](COC(=O)/C=C/c4cccc(C(F)(F)F)c4)N3[C@@H](C#N)[C@@H](C2)N1C)OCO5. The molecule has 5 atom stereocenters. The van der Waals surface area contributed by atoms with Crippen molar-refractivity contribution in [3.05, 3.63) is 86.5 Å². The molecule has 0 radical (unpaired) electrons. The zero-order valence-corrected chi connectivity index (χ0v) is 28.8. The molecule has 3 aromatic rings. The molecule has 4 aliphatic heterocycles. The third-order valence-corrected chi connectivity index (χ3v) is 10.8. The number of alkyl halides is 3. The van der Waals surface area contributed by atoms with Crippen LogP contribution in [0.25, 0.3) is 6.08 Å². The van der Waals surface area contributed by atoms with E-state index in [1.54, 1.807) is 14.0 Å². The molecule has 7 rings (SSSR count). The van der Waals surface area contributed by atoms with Crippen LogP contribution in [0.1, 0.15) is 62.2 Å². The summed E-state index contributed by atoms with van der Waals surface area (Å²) in [4.78, 5) is 17.5. The molecule has 13 heteroatoms. The molecular weight excluding hydrogens is 667 g/mol. The van der Waals surface area contributed by atoms with Crippen molar-refractivity contribution in [3.63, 3.8) is 0 Å². The monoisotopic (exact) mass is 705 g/mol. The number of halogens is 3. The number of methoxy groups -OCH3 is 1. The van der Waals surface area contributed by atoms with Gasteiger partial charge in [-0.3, -0.25) is 9.80 Å². The van der Waals surface area contributed by atoms with E-state index >= 15 is 0 Å². The Kier molecular flexibility index (Phi) is 8.90. The Morgan fingerprint density at radius 3 is 2.59 bits per heavy atom. The van der Waals surface area contributed by atoms with Crippen LogP contribution in [-0.2, 0) is 33.3 Å². The standard InChI is InChI=1S/C38H38F3N3O7/c1-19-11-23-13-26-28(15-42)44-27(33(43(26)4)31(23)35(20(19)2)49-17-47-5)14-25-32(37-36(50-18-51-37)21(3)34(25)46)29(44)16-48-30(45)10-9-22-7-6-8-24(12-22)38(39,40)41/h6-12,26-29,33,46H,13-14,16-18H2,1-5H3/b10-9+/t26-,27?,28+,29+,33+/m1/s1.